The van der Waals surface area contributed by atoms with Gasteiger partial charge in [0.05, 0.1) is 0 Å². The van der Waals surface area contributed by atoms with Crippen LogP contribution in [0.3, 0.4) is 0 Å². The molecule has 2 aromatic heterocycles. The molecule has 0 aliphatic heterocycles. The standard InChI is InChI=1S/C9H10ClN5/c1-6-5-8(14-15(6)2)13-9-11-4-3-7(10)12-9/h3-5H,1-2H3,(H,11,12,13,14). The van der Waals surface area contributed by atoms with Crippen LogP contribution in [0.2, 0.25) is 5.15 Å². The molecule has 1 N–H and O–H groups in total. The summed E-state index contributed by atoms with van der Waals surface area (Å²) < 4.78 is 1.77. The van der Waals surface area contributed by atoms with Crippen LogP contribution in [-0.2, 0) is 7.05 Å². The Bertz CT molecular complexity index is 460. The van der Waals surface area contributed by atoms with Crippen molar-refractivity contribution in [1.82, 2.24) is 19.7 Å². The molecule has 0 aliphatic carbocycles. The summed E-state index contributed by atoms with van der Waals surface area (Å²) in [5.74, 6) is 1.15. The SMILES string of the molecule is Cc1cc(Nc2nccc(Cl)n2)nn1C. The number of aryl methyl sites for hydroxylation is 2. The van der Waals surface area contributed by atoms with Crippen molar-refractivity contribution in [2.45, 2.75) is 6.92 Å². The average molecular weight is 224 g/mol. The highest BCUT2D eigenvalue weighted by atomic mass is 35.5. The van der Waals surface area contributed by atoms with E-state index in [0.29, 0.717) is 16.9 Å². The van der Waals surface area contributed by atoms with Crippen LogP contribution in [0.25, 0.3) is 0 Å². The maximum atomic E-state index is 5.73. The molecule has 5 nitrogen and oxygen atoms in total. The summed E-state index contributed by atoms with van der Waals surface area (Å²) in [5, 5.41) is 7.59. The van der Waals surface area contributed by atoms with Crippen molar-refractivity contribution in [1.29, 1.82) is 0 Å². The molecule has 6 heteroatoms. The molecule has 15 heavy (non-hydrogen) atoms. The number of nitrogens with one attached hydrogen (secondary N) is 1. The summed E-state index contributed by atoms with van der Waals surface area (Å²) in [5.41, 5.74) is 1.06. The first-order valence-corrected chi connectivity index (χ1v) is 4.79. The van der Waals surface area contributed by atoms with E-state index < -0.39 is 0 Å². The van der Waals surface area contributed by atoms with Gasteiger partial charge in [0.25, 0.3) is 0 Å². The predicted molar refractivity (Wildman–Crippen MR) is 58.3 cm³/mol. The van der Waals surface area contributed by atoms with Crippen LogP contribution in [-0.4, -0.2) is 19.7 Å². The number of halogens is 1. The van der Waals surface area contributed by atoms with Crippen molar-refractivity contribution >= 4 is 23.4 Å². The summed E-state index contributed by atoms with van der Waals surface area (Å²) in [6.45, 7) is 1.97. The number of rotatable bonds is 2. The predicted octanol–water partition coefficient (Wildman–Crippen LogP) is 1.92. The molecule has 0 aliphatic rings. The molecule has 0 unspecified atom stereocenters. The van der Waals surface area contributed by atoms with Crippen molar-refractivity contribution < 1.29 is 0 Å². The zero-order valence-electron chi connectivity index (χ0n) is 8.40. The van der Waals surface area contributed by atoms with Gasteiger partial charge in [0.1, 0.15) is 5.15 Å². The van der Waals surface area contributed by atoms with Crippen molar-refractivity contribution in [2.75, 3.05) is 5.32 Å². The van der Waals surface area contributed by atoms with Crippen LogP contribution in [0.5, 0.6) is 0 Å². The summed E-state index contributed by atoms with van der Waals surface area (Å²) in [6, 6.07) is 3.53. The minimum atomic E-state index is 0.403. The monoisotopic (exact) mass is 223 g/mol. The van der Waals surface area contributed by atoms with Gasteiger partial charge in [-0.1, -0.05) is 11.6 Å². The van der Waals surface area contributed by atoms with E-state index in [1.54, 1.807) is 16.9 Å². The van der Waals surface area contributed by atoms with Crippen LogP contribution in [0.4, 0.5) is 11.8 Å². The highest BCUT2D eigenvalue weighted by Crippen LogP contribution is 2.13. The first-order chi connectivity index (χ1) is 7.15. The number of hydrogen-bond donors (Lipinski definition) is 1. The second-order valence-electron chi connectivity index (χ2n) is 3.12. The molecular weight excluding hydrogens is 214 g/mol. The maximum Gasteiger partial charge on any atom is 0.229 e. The van der Waals surface area contributed by atoms with Gasteiger partial charge < -0.3 is 5.32 Å². The van der Waals surface area contributed by atoms with Crippen LogP contribution < -0.4 is 5.32 Å². The lowest BCUT2D eigenvalue weighted by atomic mass is 10.5. The Morgan fingerprint density at radius 2 is 2.27 bits per heavy atom. The average Bonchev–Trinajstić information content (AvgIpc) is 2.45. The van der Waals surface area contributed by atoms with E-state index in [4.69, 9.17) is 11.6 Å². The van der Waals surface area contributed by atoms with E-state index >= 15 is 0 Å². The molecule has 0 fully saturated rings. The molecule has 0 aromatic carbocycles. The quantitative estimate of drug-likeness (QED) is 0.791. The lowest BCUT2D eigenvalue weighted by Crippen LogP contribution is -1.98. The van der Waals surface area contributed by atoms with Gasteiger partial charge in [0.15, 0.2) is 5.82 Å². The molecule has 2 heterocycles. The van der Waals surface area contributed by atoms with E-state index in [0.717, 1.165) is 5.69 Å². The van der Waals surface area contributed by atoms with Gasteiger partial charge in [0, 0.05) is 25.0 Å². The Labute approximate surface area is 92.1 Å². The fourth-order valence-electron chi connectivity index (χ4n) is 1.13. The van der Waals surface area contributed by atoms with Crippen molar-refractivity contribution in [3.8, 4) is 0 Å². The first-order valence-electron chi connectivity index (χ1n) is 4.41. The Morgan fingerprint density at radius 3 is 2.87 bits per heavy atom. The zero-order chi connectivity index (χ0) is 10.8. The lowest BCUT2D eigenvalue weighted by Gasteiger charge is -1.99. The van der Waals surface area contributed by atoms with Gasteiger partial charge >= 0.3 is 0 Å². The highest BCUT2D eigenvalue weighted by molar-refractivity contribution is 6.29. The third-order valence-corrected chi connectivity index (χ3v) is 2.19. The van der Waals surface area contributed by atoms with E-state index in [9.17, 15) is 0 Å². The van der Waals surface area contributed by atoms with Crippen LogP contribution >= 0.6 is 11.6 Å². The molecule has 2 rings (SSSR count). The second kappa shape index (κ2) is 3.86. The maximum absolute atomic E-state index is 5.73. The Hall–Kier alpha value is -1.62. The summed E-state index contributed by atoms with van der Waals surface area (Å²) in [4.78, 5) is 8.02. The highest BCUT2D eigenvalue weighted by Gasteiger charge is 2.03. The van der Waals surface area contributed by atoms with E-state index in [2.05, 4.69) is 20.4 Å². The summed E-state index contributed by atoms with van der Waals surface area (Å²) in [6.07, 6.45) is 1.59. The molecule has 0 atom stereocenters. The molecule has 2 aromatic rings. The third kappa shape index (κ3) is 2.24. The third-order valence-electron chi connectivity index (χ3n) is 1.98. The molecule has 0 spiro atoms. The second-order valence-corrected chi connectivity index (χ2v) is 3.51. The van der Waals surface area contributed by atoms with Crippen molar-refractivity contribution in [2.24, 2.45) is 7.05 Å². The Morgan fingerprint density at radius 1 is 1.47 bits per heavy atom. The van der Waals surface area contributed by atoms with Gasteiger partial charge in [-0.2, -0.15) is 5.10 Å². The van der Waals surface area contributed by atoms with E-state index in [1.807, 2.05) is 20.0 Å². The number of nitrogens with zero attached hydrogens (tertiary/aromatic N) is 4. The largest absolute Gasteiger partial charge is 0.307 e. The van der Waals surface area contributed by atoms with Gasteiger partial charge in [-0.15, -0.1) is 0 Å². The fourth-order valence-corrected chi connectivity index (χ4v) is 1.27. The first kappa shape index (κ1) is 9.92. The Balaban J connectivity index is 2.22. The molecule has 0 amide bonds. The van der Waals surface area contributed by atoms with Gasteiger partial charge in [-0.3, -0.25) is 4.68 Å². The lowest BCUT2D eigenvalue weighted by molar-refractivity contribution is 0.742. The van der Waals surface area contributed by atoms with E-state index in [1.165, 1.54) is 0 Å². The normalized spacial score (nSPS) is 10.3. The molecule has 0 saturated heterocycles. The van der Waals surface area contributed by atoms with Crippen LogP contribution in [0.15, 0.2) is 18.3 Å². The molecule has 78 valence electrons. The molecule has 0 bridgehead atoms. The Kier molecular flexibility index (Phi) is 2.55. The number of aromatic nitrogens is 4. The van der Waals surface area contributed by atoms with Crippen molar-refractivity contribution in [3.05, 3.63) is 29.2 Å². The topological polar surface area (TPSA) is 55.6 Å². The minimum absolute atomic E-state index is 0.403. The van der Waals surface area contributed by atoms with E-state index in [-0.39, 0.29) is 0 Å². The smallest absolute Gasteiger partial charge is 0.229 e. The van der Waals surface area contributed by atoms with Gasteiger partial charge in [-0.25, -0.2) is 9.97 Å². The van der Waals surface area contributed by atoms with Crippen molar-refractivity contribution in [3.63, 3.8) is 0 Å². The van der Waals surface area contributed by atoms with Crippen LogP contribution in [0.1, 0.15) is 5.69 Å². The number of anilines is 2. The molecule has 0 radical (unpaired) electrons. The van der Waals surface area contributed by atoms with Crippen LogP contribution in [0, 0.1) is 6.92 Å². The molecule has 0 saturated carbocycles. The van der Waals surface area contributed by atoms with Gasteiger partial charge in [-0.05, 0) is 13.0 Å². The fraction of sp³-hybridized carbons (Fsp3) is 0.222. The summed E-state index contributed by atoms with van der Waals surface area (Å²) >= 11 is 5.73. The number of hydrogen-bond acceptors (Lipinski definition) is 4. The summed E-state index contributed by atoms with van der Waals surface area (Å²) in [7, 11) is 1.87. The van der Waals surface area contributed by atoms with Gasteiger partial charge in [0.2, 0.25) is 5.95 Å². The zero-order valence-corrected chi connectivity index (χ0v) is 9.15. The minimum Gasteiger partial charge on any atom is -0.307 e. The molecular formula is C9H10ClN5.